The summed E-state index contributed by atoms with van der Waals surface area (Å²) >= 11 is 0. The highest BCUT2D eigenvalue weighted by molar-refractivity contribution is 5.44. The van der Waals surface area contributed by atoms with Crippen LogP contribution in [0, 0.1) is 11.8 Å². The van der Waals surface area contributed by atoms with Gasteiger partial charge in [0.15, 0.2) is 0 Å². The molecule has 0 radical (unpaired) electrons. The lowest BCUT2D eigenvalue weighted by Crippen LogP contribution is -2.38. The summed E-state index contributed by atoms with van der Waals surface area (Å²) in [5.41, 5.74) is 7.27. The molecule has 4 atom stereocenters. The highest BCUT2D eigenvalue weighted by Gasteiger charge is 2.47. The third-order valence-corrected chi connectivity index (χ3v) is 9.64. The van der Waals surface area contributed by atoms with Crippen LogP contribution in [0.4, 0.5) is 0 Å². The fourth-order valence-corrected chi connectivity index (χ4v) is 7.25. The van der Waals surface area contributed by atoms with Gasteiger partial charge >= 0.3 is 0 Å². The Kier molecular flexibility index (Phi) is 6.56. The van der Waals surface area contributed by atoms with Gasteiger partial charge in [-0.25, -0.2) is 0 Å². The Morgan fingerprint density at radius 1 is 0.949 bits per heavy atom. The zero-order chi connectivity index (χ0) is 26.2. The summed E-state index contributed by atoms with van der Waals surface area (Å²) in [4.78, 5) is 2.58. The predicted octanol–water partition coefficient (Wildman–Crippen LogP) is 7.65. The minimum atomic E-state index is 0.224. The number of rotatable bonds is 6. The van der Waals surface area contributed by atoms with E-state index >= 15 is 0 Å². The zero-order valence-corrected chi connectivity index (χ0v) is 23.0. The maximum Gasteiger partial charge on any atom is 0.120 e. The van der Waals surface area contributed by atoms with Crippen molar-refractivity contribution in [2.75, 3.05) is 19.7 Å². The fourth-order valence-electron chi connectivity index (χ4n) is 7.25. The van der Waals surface area contributed by atoms with Crippen molar-refractivity contribution in [3.05, 3.63) is 125 Å². The fraction of sp³-hybridized carbons (Fsp3) is 0.389. The lowest BCUT2D eigenvalue weighted by Gasteiger charge is -2.42. The SMILES string of the molecule is CC1C=C(N2CCC3(CC2)CO3)C=C[C@@H]1C1c2ccc(OCc3ccccc3)cc2CC[C@@H]1c1ccccc1. The van der Waals surface area contributed by atoms with E-state index in [4.69, 9.17) is 9.47 Å². The van der Waals surface area contributed by atoms with Crippen LogP contribution >= 0.6 is 0 Å². The van der Waals surface area contributed by atoms with E-state index in [0.717, 1.165) is 44.7 Å². The summed E-state index contributed by atoms with van der Waals surface area (Å²) in [7, 11) is 0. The first-order chi connectivity index (χ1) is 19.2. The van der Waals surface area contributed by atoms with Crippen LogP contribution in [-0.4, -0.2) is 30.2 Å². The number of hydrogen-bond donors (Lipinski definition) is 0. The molecule has 0 bridgehead atoms. The molecular formula is C36H39NO2. The van der Waals surface area contributed by atoms with Gasteiger partial charge in [0.1, 0.15) is 12.4 Å². The molecule has 0 aromatic heterocycles. The molecule has 3 aromatic rings. The van der Waals surface area contributed by atoms with Crippen molar-refractivity contribution in [2.24, 2.45) is 11.8 Å². The van der Waals surface area contributed by atoms with Crippen molar-refractivity contribution < 1.29 is 9.47 Å². The van der Waals surface area contributed by atoms with Crippen molar-refractivity contribution in [1.29, 1.82) is 0 Å². The zero-order valence-electron chi connectivity index (χ0n) is 23.0. The molecular weight excluding hydrogens is 478 g/mol. The number of nitrogens with zero attached hydrogens (tertiary/aromatic N) is 1. The quantitative estimate of drug-likeness (QED) is 0.314. The van der Waals surface area contributed by atoms with E-state index in [1.54, 1.807) is 0 Å². The Morgan fingerprint density at radius 3 is 2.41 bits per heavy atom. The first-order valence-corrected chi connectivity index (χ1v) is 14.8. The second-order valence-corrected chi connectivity index (χ2v) is 12.1. The Labute approximate surface area is 233 Å². The van der Waals surface area contributed by atoms with Crippen LogP contribution < -0.4 is 4.74 Å². The first kappa shape index (κ1) is 24.7. The molecule has 2 unspecified atom stereocenters. The molecule has 2 aliphatic carbocycles. The smallest absolute Gasteiger partial charge is 0.120 e. The minimum Gasteiger partial charge on any atom is -0.489 e. The number of fused-ring (bicyclic) bond motifs is 1. The van der Waals surface area contributed by atoms with Gasteiger partial charge in [-0.1, -0.05) is 85.8 Å². The Morgan fingerprint density at radius 2 is 1.69 bits per heavy atom. The second kappa shape index (κ2) is 10.4. The standard InChI is InChI=1S/C36H39NO2/c1-26-22-30(37-20-18-36(19-21-37)25-39-36)13-16-32(26)35-33(28-10-6-3-7-11-28)15-12-29-23-31(14-17-34(29)35)38-24-27-8-4-2-5-9-27/h2-11,13-14,16-17,22-23,26,32-33,35H,12,15,18-21,24-25H2,1H3/t26?,32-,33+,35?/m0/s1. The molecule has 7 rings (SSSR count). The van der Waals surface area contributed by atoms with Crippen molar-refractivity contribution in [3.63, 3.8) is 0 Å². The van der Waals surface area contributed by atoms with Gasteiger partial charge < -0.3 is 14.4 Å². The number of piperidine rings is 1. The molecule has 0 saturated carbocycles. The maximum absolute atomic E-state index is 6.23. The van der Waals surface area contributed by atoms with Gasteiger partial charge in [-0.2, -0.15) is 0 Å². The molecule has 2 aliphatic heterocycles. The van der Waals surface area contributed by atoms with Crippen LogP contribution in [0.15, 0.2) is 103 Å². The van der Waals surface area contributed by atoms with Gasteiger partial charge in [0.05, 0.1) is 12.2 Å². The van der Waals surface area contributed by atoms with Crippen LogP contribution in [0.3, 0.4) is 0 Å². The molecule has 200 valence electrons. The summed E-state index contributed by atoms with van der Waals surface area (Å²) in [6.45, 7) is 6.22. The van der Waals surface area contributed by atoms with Crippen molar-refractivity contribution >= 4 is 0 Å². The summed E-state index contributed by atoms with van der Waals surface area (Å²) in [5, 5.41) is 0. The lowest BCUT2D eigenvalue weighted by atomic mass is 9.63. The highest BCUT2D eigenvalue weighted by Crippen LogP contribution is 2.51. The molecule has 3 heteroatoms. The molecule has 2 fully saturated rings. The predicted molar refractivity (Wildman–Crippen MR) is 157 cm³/mol. The Hall–Kier alpha value is -3.30. The van der Waals surface area contributed by atoms with Crippen LogP contribution in [0.25, 0.3) is 0 Å². The van der Waals surface area contributed by atoms with E-state index < -0.39 is 0 Å². The monoisotopic (exact) mass is 517 g/mol. The van der Waals surface area contributed by atoms with E-state index in [1.807, 2.05) is 0 Å². The normalized spacial score (nSPS) is 27.1. The van der Waals surface area contributed by atoms with E-state index in [2.05, 4.69) is 109 Å². The Bertz CT molecular complexity index is 1350. The molecule has 4 aliphatic rings. The van der Waals surface area contributed by atoms with Crippen LogP contribution in [0.5, 0.6) is 5.75 Å². The van der Waals surface area contributed by atoms with Gasteiger partial charge in [-0.05, 0) is 89.8 Å². The maximum atomic E-state index is 6.23. The van der Waals surface area contributed by atoms with E-state index in [1.165, 1.54) is 34.4 Å². The molecule has 1 spiro atoms. The molecule has 0 amide bonds. The Balaban J connectivity index is 1.15. The number of ether oxygens (including phenoxy) is 2. The number of likely N-dealkylation sites (tertiary alicyclic amines) is 1. The van der Waals surface area contributed by atoms with Gasteiger partial charge in [0, 0.05) is 18.8 Å². The molecule has 3 aromatic carbocycles. The topological polar surface area (TPSA) is 25.0 Å². The highest BCUT2D eigenvalue weighted by atomic mass is 16.6. The van der Waals surface area contributed by atoms with Gasteiger partial charge in [-0.15, -0.1) is 0 Å². The van der Waals surface area contributed by atoms with E-state index in [-0.39, 0.29) is 5.60 Å². The third kappa shape index (κ3) is 5.05. The van der Waals surface area contributed by atoms with Crippen molar-refractivity contribution in [1.82, 2.24) is 4.90 Å². The van der Waals surface area contributed by atoms with Crippen LogP contribution in [-0.2, 0) is 17.8 Å². The van der Waals surface area contributed by atoms with E-state index in [0.29, 0.717) is 30.3 Å². The molecule has 2 heterocycles. The molecule has 2 saturated heterocycles. The van der Waals surface area contributed by atoms with Gasteiger partial charge in [0.25, 0.3) is 0 Å². The number of allylic oxidation sites excluding steroid dienone is 3. The summed E-state index contributed by atoms with van der Waals surface area (Å²) in [6, 6.07) is 28.5. The number of benzene rings is 3. The third-order valence-electron chi connectivity index (χ3n) is 9.64. The minimum absolute atomic E-state index is 0.224. The first-order valence-electron chi connectivity index (χ1n) is 14.8. The molecule has 0 N–H and O–H groups in total. The van der Waals surface area contributed by atoms with Gasteiger partial charge in [0.2, 0.25) is 0 Å². The second-order valence-electron chi connectivity index (χ2n) is 12.1. The summed E-state index contributed by atoms with van der Waals surface area (Å²) in [6.07, 6.45) is 12.1. The number of aryl methyl sites for hydroxylation is 1. The molecule has 39 heavy (non-hydrogen) atoms. The number of hydrogen-bond acceptors (Lipinski definition) is 3. The van der Waals surface area contributed by atoms with Crippen molar-refractivity contribution in [2.45, 2.75) is 56.7 Å². The van der Waals surface area contributed by atoms with E-state index in [9.17, 15) is 0 Å². The number of epoxide rings is 1. The summed E-state index contributed by atoms with van der Waals surface area (Å²) in [5.74, 6) is 2.90. The van der Waals surface area contributed by atoms with Crippen molar-refractivity contribution in [3.8, 4) is 5.75 Å². The average molecular weight is 518 g/mol. The summed E-state index contributed by atoms with van der Waals surface area (Å²) < 4.78 is 12.0. The largest absolute Gasteiger partial charge is 0.489 e. The lowest BCUT2D eigenvalue weighted by molar-refractivity contribution is 0.174. The van der Waals surface area contributed by atoms with Gasteiger partial charge in [-0.3, -0.25) is 0 Å². The van der Waals surface area contributed by atoms with Crippen LogP contribution in [0.2, 0.25) is 0 Å². The average Bonchev–Trinajstić information content (AvgIpc) is 3.75. The molecule has 3 nitrogen and oxygen atoms in total. The van der Waals surface area contributed by atoms with Crippen LogP contribution in [0.1, 0.15) is 60.3 Å².